The highest BCUT2D eigenvalue weighted by Crippen LogP contribution is 2.32. The highest BCUT2D eigenvalue weighted by atomic mass is 32.2. The number of anilines is 1. The smallest absolute Gasteiger partial charge is 0.378 e. The van der Waals surface area contributed by atoms with Crippen LogP contribution in [0.25, 0.3) is 5.69 Å². The minimum Gasteiger partial charge on any atom is -0.378 e. The van der Waals surface area contributed by atoms with Crippen molar-refractivity contribution in [1.29, 1.82) is 0 Å². The number of ether oxygens (including phenoxy) is 1. The first-order valence-corrected chi connectivity index (χ1v) is 10.5. The predicted octanol–water partition coefficient (Wildman–Crippen LogP) is 4.72. The van der Waals surface area contributed by atoms with Gasteiger partial charge in [0.15, 0.2) is 5.16 Å². The van der Waals surface area contributed by atoms with Crippen LogP contribution in [0.5, 0.6) is 0 Å². The number of thioether (sulfide) groups is 1. The number of morpholine rings is 1. The zero-order valence-electron chi connectivity index (χ0n) is 16.4. The van der Waals surface area contributed by atoms with Crippen molar-refractivity contribution in [2.24, 2.45) is 0 Å². The molecule has 9 heteroatoms. The van der Waals surface area contributed by atoms with E-state index in [1.165, 1.54) is 23.9 Å². The van der Waals surface area contributed by atoms with E-state index in [0.29, 0.717) is 42.8 Å². The number of hydrogen-bond donors (Lipinski definition) is 0. The zero-order chi connectivity index (χ0) is 21.1. The average Bonchev–Trinajstić information content (AvgIpc) is 3.16. The fourth-order valence-corrected chi connectivity index (χ4v) is 4.19. The molecule has 3 aromatic rings. The fraction of sp³-hybridized carbons (Fsp3) is 0.333. The lowest BCUT2D eigenvalue weighted by atomic mass is 10.1. The number of halogens is 3. The second-order valence-corrected chi connectivity index (χ2v) is 7.99. The van der Waals surface area contributed by atoms with Crippen molar-refractivity contribution < 1.29 is 17.9 Å². The van der Waals surface area contributed by atoms with Crippen LogP contribution >= 0.6 is 11.8 Å². The molecule has 4 rings (SSSR count). The Morgan fingerprint density at radius 3 is 2.53 bits per heavy atom. The average molecular weight is 434 g/mol. The third-order valence-electron chi connectivity index (χ3n) is 4.79. The van der Waals surface area contributed by atoms with E-state index in [-0.39, 0.29) is 0 Å². The minimum atomic E-state index is -4.36. The molecule has 0 aliphatic carbocycles. The Morgan fingerprint density at radius 2 is 1.80 bits per heavy atom. The molecule has 1 aromatic heterocycles. The Morgan fingerprint density at radius 1 is 1.03 bits per heavy atom. The van der Waals surface area contributed by atoms with Crippen LogP contribution in [0, 0.1) is 6.92 Å². The largest absolute Gasteiger partial charge is 0.416 e. The molecule has 1 fully saturated rings. The molecule has 0 unspecified atom stereocenters. The van der Waals surface area contributed by atoms with Gasteiger partial charge in [-0.3, -0.25) is 4.57 Å². The first kappa shape index (κ1) is 20.7. The molecule has 5 nitrogen and oxygen atoms in total. The Balaban J connectivity index is 1.64. The molecule has 0 atom stereocenters. The Kier molecular flexibility index (Phi) is 6.01. The number of aromatic nitrogens is 3. The molecule has 1 saturated heterocycles. The van der Waals surface area contributed by atoms with Crippen LogP contribution < -0.4 is 4.90 Å². The predicted molar refractivity (Wildman–Crippen MR) is 110 cm³/mol. The second-order valence-electron chi connectivity index (χ2n) is 7.04. The van der Waals surface area contributed by atoms with E-state index >= 15 is 0 Å². The summed E-state index contributed by atoms with van der Waals surface area (Å²) in [6.45, 7) is 4.67. The van der Waals surface area contributed by atoms with Crippen LogP contribution in [0.1, 0.15) is 16.7 Å². The Labute approximate surface area is 176 Å². The van der Waals surface area contributed by atoms with Gasteiger partial charge >= 0.3 is 6.18 Å². The molecule has 1 aliphatic heterocycles. The molecule has 0 radical (unpaired) electrons. The van der Waals surface area contributed by atoms with Gasteiger partial charge in [-0.2, -0.15) is 13.2 Å². The van der Waals surface area contributed by atoms with E-state index < -0.39 is 11.7 Å². The summed E-state index contributed by atoms with van der Waals surface area (Å²) in [4.78, 5) is 2.12. The van der Waals surface area contributed by atoms with E-state index in [0.717, 1.165) is 23.3 Å². The zero-order valence-corrected chi connectivity index (χ0v) is 17.2. The number of nitrogens with zero attached hydrogens (tertiary/aromatic N) is 4. The van der Waals surface area contributed by atoms with Crippen LogP contribution in [-0.4, -0.2) is 41.1 Å². The summed E-state index contributed by atoms with van der Waals surface area (Å²) in [5.41, 5.74) is 1.97. The fourth-order valence-electron chi connectivity index (χ4n) is 3.30. The summed E-state index contributed by atoms with van der Waals surface area (Å²) < 4.78 is 46.5. The van der Waals surface area contributed by atoms with Crippen LogP contribution in [0.4, 0.5) is 19.1 Å². The van der Waals surface area contributed by atoms with E-state index in [2.05, 4.69) is 15.1 Å². The molecule has 2 heterocycles. The van der Waals surface area contributed by atoms with Gasteiger partial charge in [0.05, 0.1) is 24.5 Å². The molecule has 0 amide bonds. The van der Waals surface area contributed by atoms with E-state index in [1.807, 2.05) is 35.8 Å². The third-order valence-corrected chi connectivity index (χ3v) is 5.79. The molecule has 158 valence electrons. The summed E-state index contributed by atoms with van der Waals surface area (Å²) in [5.74, 6) is 1.08. The molecule has 0 saturated carbocycles. The lowest BCUT2D eigenvalue weighted by Gasteiger charge is -2.28. The molecule has 0 spiro atoms. The van der Waals surface area contributed by atoms with Gasteiger partial charge in [-0.05, 0) is 36.2 Å². The maximum absolute atomic E-state index is 13.0. The Hall–Kier alpha value is -2.52. The minimum absolute atomic E-state index is 0.358. The van der Waals surface area contributed by atoms with E-state index in [9.17, 15) is 13.2 Å². The highest BCUT2D eigenvalue weighted by Gasteiger charge is 2.30. The molecule has 30 heavy (non-hydrogen) atoms. The van der Waals surface area contributed by atoms with Gasteiger partial charge in [-0.15, -0.1) is 10.2 Å². The van der Waals surface area contributed by atoms with E-state index in [4.69, 9.17) is 4.74 Å². The lowest BCUT2D eigenvalue weighted by Crippen LogP contribution is -2.37. The molecular weight excluding hydrogens is 413 g/mol. The first-order valence-electron chi connectivity index (χ1n) is 9.56. The van der Waals surface area contributed by atoms with Crippen LogP contribution in [0.15, 0.2) is 53.7 Å². The monoisotopic (exact) mass is 434 g/mol. The van der Waals surface area contributed by atoms with Gasteiger partial charge in [0.1, 0.15) is 0 Å². The van der Waals surface area contributed by atoms with Gasteiger partial charge in [0, 0.05) is 18.8 Å². The van der Waals surface area contributed by atoms with E-state index in [1.54, 1.807) is 6.07 Å². The van der Waals surface area contributed by atoms with Crippen LogP contribution in [0.3, 0.4) is 0 Å². The van der Waals surface area contributed by atoms with Crippen molar-refractivity contribution in [3.63, 3.8) is 0 Å². The topological polar surface area (TPSA) is 43.2 Å². The Bertz CT molecular complexity index is 1020. The summed E-state index contributed by atoms with van der Waals surface area (Å²) in [6, 6.07) is 13.4. The second kappa shape index (κ2) is 8.69. The maximum atomic E-state index is 13.0. The van der Waals surface area contributed by atoms with Crippen molar-refractivity contribution in [3.8, 4) is 5.69 Å². The van der Waals surface area contributed by atoms with Crippen molar-refractivity contribution >= 4 is 17.7 Å². The number of rotatable bonds is 5. The summed E-state index contributed by atoms with van der Waals surface area (Å²) in [6.07, 6.45) is -4.36. The summed E-state index contributed by atoms with van der Waals surface area (Å²) in [5, 5.41) is 9.39. The van der Waals surface area contributed by atoms with Gasteiger partial charge in [0.25, 0.3) is 0 Å². The van der Waals surface area contributed by atoms with Gasteiger partial charge < -0.3 is 9.64 Å². The number of alkyl halides is 3. The molecular formula is C21H21F3N4OS. The van der Waals surface area contributed by atoms with Gasteiger partial charge in [0.2, 0.25) is 5.95 Å². The van der Waals surface area contributed by atoms with Crippen molar-refractivity contribution in [2.45, 2.75) is 24.0 Å². The maximum Gasteiger partial charge on any atom is 0.416 e. The molecule has 2 aromatic carbocycles. The molecule has 0 bridgehead atoms. The number of hydrogen-bond acceptors (Lipinski definition) is 5. The molecule has 0 N–H and O–H groups in total. The van der Waals surface area contributed by atoms with Crippen LogP contribution in [-0.2, 0) is 16.7 Å². The number of benzene rings is 2. The van der Waals surface area contributed by atoms with Crippen LogP contribution in [0.2, 0.25) is 0 Å². The van der Waals surface area contributed by atoms with Crippen molar-refractivity contribution in [2.75, 3.05) is 31.2 Å². The normalized spacial score (nSPS) is 14.9. The van der Waals surface area contributed by atoms with Crippen molar-refractivity contribution in [1.82, 2.24) is 14.8 Å². The third kappa shape index (κ3) is 4.62. The SMILES string of the molecule is Cc1cccc(-n2c(SCc3cccc(C(F)(F)F)c3)nnc2N2CCOCC2)c1. The van der Waals surface area contributed by atoms with Gasteiger partial charge in [-0.1, -0.05) is 42.1 Å². The first-order chi connectivity index (χ1) is 14.4. The highest BCUT2D eigenvalue weighted by molar-refractivity contribution is 7.98. The lowest BCUT2D eigenvalue weighted by molar-refractivity contribution is -0.137. The van der Waals surface area contributed by atoms with Gasteiger partial charge in [-0.25, -0.2) is 0 Å². The summed E-state index contributed by atoms with van der Waals surface area (Å²) in [7, 11) is 0. The summed E-state index contributed by atoms with van der Waals surface area (Å²) >= 11 is 1.37. The number of aryl methyl sites for hydroxylation is 1. The molecule has 1 aliphatic rings. The van der Waals surface area contributed by atoms with Crippen molar-refractivity contribution in [3.05, 3.63) is 65.2 Å². The quantitative estimate of drug-likeness (QED) is 0.544. The standard InChI is InChI=1S/C21H21F3N4OS/c1-15-4-2-7-18(12-15)28-19(27-8-10-29-11-9-27)25-26-20(28)30-14-16-5-3-6-17(13-16)21(22,23)24/h2-7,12-13H,8-11,14H2,1H3.